The average molecular weight is 219 g/mol. The standard InChI is InChI=1S/C7H13N3OS2/c1-5(2)10-6(11)8-9-7(10)13-4-3-12/h5,12H,3-4H2,1-2H3,(H,8,11). The summed E-state index contributed by atoms with van der Waals surface area (Å²) in [7, 11) is 0. The summed E-state index contributed by atoms with van der Waals surface area (Å²) in [6.45, 7) is 3.92. The molecule has 0 aromatic carbocycles. The number of aromatic amines is 1. The lowest BCUT2D eigenvalue weighted by Gasteiger charge is -2.07. The summed E-state index contributed by atoms with van der Waals surface area (Å²) in [5.74, 6) is 1.64. The molecular weight excluding hydrogens is 206 g/mol. The molecule has 0 unspecified atom stereocenters. The third-order valence-corrected chi connectivity index (χ3v) is 2.99. The Kier molecular flexibility index (Phi) is 3.92. The zero-order chi connectivity index (χ0) is 9.84. The van der Waals surface area contributed by atoms with Gasteiger partial charge in [0.2, 0.25) is 0 Å². The van der Waals surface area contributed by atoms with Gasteiger partial charge < -0.3 is 0 Å². The molecule has 4 nitrogen and oxygen atoms in total. The van der Waals surface area contributed by atoms with Crippen molar-refractivity contribution in [3.8, 4) is 0 Å². The van der Waals surface area contributed by atoms with E-state index in [1.807, 2.05) is 13.8 Å². The van der Waals surface area contributed by atoms with Crippen LogP contribution in [0.2, 0.25) is 0 Å². The van der Waals surface area contributed by atoms with Gasteiger partial charge in [0.15, 0.2) is 5.16 Å². The molecule has 0 saturated heterocycles. The molecule has 1 heterocycles. The number of nitrogens with one attached hydrogen (secondary N) is 1. The first kappa shape index (κ1) is 10.7. The first-order valence-corrected chi connectivity index (χ1v) is 5.69. The van der Waals surface area contributed by atoms with Gasteiger partial charge in [0.1, 0.15) is 0 Å². The molecule has 0 spiro atoms. The van der Waals surface area contributed by atoms with Crippen LogP contribution in [-0.4, -0.2) is 26.3 Å². The van der Waals surface area contributed by atoms with E-state index in [1.54, 1.807) is 16.3 Å². The van der Waals surface area contributed by atoms with Gasteiger partial charge in [-0.15, -0.1) is 5.10 Å². The predicted molar refractivity (Wildman–Crippen MR) is 57.8 cm³/mol. The fourth-order valence-electron chi connectivity index (χ4n) is 0.984. The van der Waals surface area contributed by atoms with Crippen molar-refractivity contribution in [2.24, 2.45) is 0 Å². The molecule has 1 N–H and O–H groups in total. The molecule has 0 saturated carbocycles. The number of aromatic nitrogens is 3. The number of nitrogens with zero attached hydrogens (tertiary/aromatic N) is 2. The molecule has 1 rings (SSSR count). The zero-order valence-corrected chi connectivity index (χ0v) is 9.36. The van der Waals surface area contributed by atoms with E-state index < -0.39 is 0 Å². The second kappa shape index (κ2) is 4.76. The van der Waals surface area contributed by atoms with Crippen LogP contribution >= 0.6 is 24.4 Å². The van der Waals surface area contributed by atoms with Crippen molar-refractivity contribution >= 4 is 24.4 Å². The number of thiol groups is 1. The van der Waals surface area contributed by atoms with Crippen molar-refractivity contribution < 1.29 is 0 Å². The van der Waals surface area contributed by atoms with Crippen molar-refractivity contribution in [1.82, 2.24) is 14.8 Å². The summed E-state index contributed by atoms with van der Waals surface area (Å²) in [5.41, 5.74) is -0.142. The van der Waals surface area contributed by atoms with Crippen molar-refractivity contribution in [3.63, 3.8) is 0 Å². The molecule has 13 heavy (non-hydrogen) atoms. The monoisotopic (exact) mass is 219 g/mol. The minimum atomic E-state index is -0.142. The van der Waals surface area contributed by atoms with Crippen molar-refractivity contribution in [1.29, 1.82) is 0 Å². The summed E-state index contributed by atoms with van der Waals surface area (Å²) in [5, 5.41) is 7.11. The summed E-state index contributed by atoms with van der Waals surface area (Å²) < 4.78 is 1.65. The Bertz CT molecular complexity index is 318. The highest BCUT2D eigenvalue weighted by Crippen LogP contribution is 2.16. The molecule has 0 aliphatic rings. The van der Waals surface area contributed by atoms with Crippen LogP contribution in [0.5, 0.6) is 0 Å². The summed E-state index contributed by atoms with van der Waals surface area (Å²) in [6, 6.07) is 0.147. The predicted octanol–water partition coefficient (Wildman–Crippen LogP) is 1.17. The maximum Gasteiger partial charge on any atom is 0.344 e. The minimum Gasteiger partial charge on any atom is -0.268 e. The van der Waals surface area contributed by atoms with Crippen LogP contribution < -0.4 is 5.69 Å². The largest absolute Gasteiger partial charge is 0.344 e. The van der Waals surface area contributed by atoms with Crippen LogP contribution in [0.4, 0.5) is 0 Å². The van der Waals surface area contributed by atoms with Crippen LogP contribution in [0.15, 0.2) is 9.95 Å². The van der Waals surface area contributed by atoms with Gasteiger partial charge in [0.05, 0.1) is 0 Å². The summed E-state index contributed by atoms with van der Waals surface area (Å²) in [4.78, 5) is 11.3. The van der Waals surface area contributed by atoms with Crippen LogP contribution in [0.25, 0.3) is 0 Å². The Hall–Kier alpha value is -0.360. The Labute approximate surface area is 86.5 Å². The van der Waals surface area contributed by atoms with Gasteiger partial charge in [-0.1, -0.05) is 11.8 Å². The van der Waals surface area contributed by atoms with Crippen LogP contribution in [0, 0.1) is 0 Å². The zero-order valence-electron chi connectivity index (χ0n) is 7.65. The lowest BCUT2D eigenvalue weighted by Crippen LogP contribution is -2.19. The molecule has 0 fully saturated rings. The van der Waals surface area contributed by atoms with E-state index in [-0.39, 0.29) is 11.7 Å². The first-order chi connectivity index (χ1) is 6.16. The van der Waals surface area contributed by atoms with E-state index in [0.29, 0.717) is 0 Å². The van der Waals surface area contributed by atoms with Gasteiger partial charge in [-0.3, -0.25) is 4.57 Å². The maximum atomic E-state index is 11.3. The number of hydrogen-bond acceptors (Lipinski definition) is 4. The lowest BCUT2D eigenvalue weighted by molar-refractivity contribution is 0.534. The van der Waals surface area contributed by atoms with E-state index in [4.69, 9.17) is 0 Å². The van der Waals surface area contributed by atoms with Gasteiger partial charge >= 0.3 is 5.69 Å². The second-order valence-corrected chi connectivity index (χ2v) is 4.36. The fourth-order valence-corrected chi connectivity index (χ4v) is 2.08. The summed E-state index contributed by atoms with van der Waals surface area (Å²) in [6.07, 6.45) is 0. The van der Waals surface area contributed by atoms with Crippen molar-refractivity contribution in [3.05, 3.63) is 10.5 Å². The molecule has 0 radical (unpaired) electrons. The van der Waals surface area contributed by atoms with E-state index in [9.17, 15) is 4.79 Å². The molecular formula is C7H13N3OS2. The number of thioether (sulfide) groups is 1. The fraction of sp³-hybridized carbons (Fsp3) is 0.714. The van der Waals surface area contributed by atoms with E-state index >= 15 is 0 Å². The van der Waals surface area contributed by atoms with Gasteiger partial charge in [-0.05, 0) is 19.6 Å². The minimum absolute atomic E-state index is 0.142. The highest BCUT2D eigenvalue weighted by Gasteiger charge is 2.10. The molecule has 0 amide bonds. The third kappa shape index (κ3) is 2.54. The topological polar surface area (TPSA) is 50.7 Å². The Morgan fingerprint density at radius 3 is 2.92 bits per heavy atom. The first-order valence-electron chi connectivity index (χ1n) is 4.07. The molecule has 1 aromatic heterocycles. The van der Waals surface area contributed by atoms with Gasteiger partial charge in [0, 0.05) is 11.8 Å². The number of rotatable bonds is 4. The smallest absolute Gasteiger partial charge is 0.268 e. The second-order valence-electron chi connectivity index (χ2n) is 2.85. The van der Waals surface area contributed by atoms with Crippen LogP contribution in [0.3, 0.4) is 0 Å². The highest BCUT2D eigenvalue weighted by atomic mass is 32.2. The molecule has 0 atom stereocenters. The Balaban J connectivity index is 2.87. The quantitative estimate of drug-likeness (QED) is 0.590. The Morgan fingerprint density at radius 1 is 1.69 bits per heavy atom. The molecule has 1 aromatic rings. The van der Waals surface area contributed by atoms with Gasteiger partial charge in [0.25, 0.3) is 0 Å². The van der Waals surface area contributed by atoms with E-state index in [2.05, 4.69) is 22.8 Å². The summed E-state index contributed by atoms with van der Waals surface area (Å²) >= 11 is 5.64. The van der Waals surface area contributed by atoms with Crippen molar-refractivity contribution in [2.45, 2.75) is 25.0 Å². The van der Waals surface area contributed by atoms with Crippen LogP contribution in [0.1, 0.15) is 19.9 Å². The van der Waals surface area contributed by atoms with Gasteiger partial charge in [-0.2, -0.15) is 12.6 Å². The SMILES string of the molecule is CC(C)n1c(SCCS)n[nH]c1=O. The maximum absolute atomic E-state index is 11.3. The molecule has 0 bridgehead atoms. The normalized spacial score (nSPS) is 11.1. The number of hydrogen-bond donors (Lipinski definition) is 2. The van der Waals surface area contributed by atoms with E-state index in [1.165, 1.54) is 0 Å². The molecule has 0 aliphatic heterocycles. The molecule has 74 valence electrons. The van der Waals surface area contributed by atoms with Crippen LogP contribution in [-0.2, 0) is 0 Å². The molecule has 6 heteroatoms. The average Bonchev–Trinajstić information content (AvgIpc) is 2.43. The van der Waals surface area contributed by atoms with E-state index in [0.717, 1.165) is 16.7 Å². The lowest BCUT2D eigenvalue weighted by atomic mass is 10.4. The highest BCUT2D eigenvalue weighted by molar-refractivity contribution is 7.99. The Morgan fingerprint density at radius 2 is 2.38 bits per heavy atom. The molecule has 0 aliphatic carbocycles. The third-order valence-electron chi connectivity index (χ3n) is 1.51. The van der Waals surface area contributed by atoms with Gasteiger partial charge in [-0.25, -0.2) is 9.89 Å². The number of H-pyrrole nitrogens is 1. The van der Waals surface area contributed by atoms with Crippen molar-refractivity contribution in [2.75, 3.05) is 11.5 Å².